The van der Waals surface area contributed by atoms with Crippen molar-refractivity contribution in [1.29, 1.82) is 0 Å². The number of aromatic nitrogens is 2. The van der Waals surface area contributed by atoms with Gasteiger partial charge >= 0.3 is 5.97 Å². The number of benzene rings is 1. The molecule has 0 saturated heterocycles. The number of carbonyl (C=O) groups excluding carboxylic acids is 1. The van der Waals surface area contributed by atoms with Crippen LogP contribution in [-0.4, -0.2) is 15.9 Å². The van der Waals surface area contributed by atoms with Gasteiger partial charge in [0.1, 0.15) is 5.52 Å². The van der Waals surface area contributed by atoms with Crippen LogP contribution in [0, 0.1) is 0 Å². The van der Waals surface area contributed by atoms with Crippen LogP contribution in [0.15, 0.2) is 42.6 Å². The minimum Gasteiger partial charge on any atom is -0.407 e. The summed E-state index contributed by atoms with van der Waals surface area (Å²) in [7, 11) is 0. The van der Waals surface area contributed by atoms with Gasteiger partial charge in [0.25, 0.3) is 0 Å². The van der Waals surface area contributed by atoms with Crippen molar-refractivity contribution in [3.8, 4) is 5.88 Å². The molecule has 0 aliphatic carbocycles. The Kier molecular flexibility index (Phi) is 5.02. The van der Waals surface area contributed by atoms with Crippen molar-refractivity contribution in [2.45, 2.75) is 19.8 Å². The molecule has 0 unspecified atom stereocenters. The molecule has 0 amide bonds. The number of ether oxygens (including phenoxy) is 1. The minimum absolute atomic E-state index is 0. The Morgan fingerprint density at radius 3 is 2.57 bits per heavy atom. The first kappa shape index (κ1) is 15.6. The maximum atomic E-state index is 11.5. The van der Waals surface area contributed by atoms with E-state index in [-0.39, 0.29) is 27.0 Å². The van der Waals surface area contributed by atoms with Crippen molar-refractivity contribution < 1.29 is 30.6 Å². The summed E-state index contributed by atoms with van der Waals surface area (Å²) in [5.74, 6) is 0.0710. The Labute approximate surface area is 136 Å². The van der Waals surface area contributed by atoms with E-state index in [4.69, 9.17) is 4.74 Å². The molecule has 1 aromatic carbocycles. The Bertz CT molecular complexity index is 789. The second kappa shape index (κ2) is 6.77. The Hall–Kier alpha value is -1.80. The predicted molar refractivity (Wildman–Crippen MR) is 77.6 cm³/mol. The smallest absolute Gasteiger partial charge is 0.312 e. The molecule has 4 nitrogen and oxygen atoms in total. The van der Waals surface area contributed by atoms with E-state index in [1.165, 1.54) is 0 Å². The van der Waals surface area contributed by atoms with E-state index in [2.05, 4.69) is 9.97 Å². The molecule has 0 aliphatic rings. The summed E-state index contributed by atoms with van der Waals surface area (Å²) >= 11 is 0. The van der Waals surface area contributed by atoms with Gasteiger partial charge in [-0.05, 0) is 18.6 Å². The molecule has 21 heavy (non-hydrogen) atoms. The molecule has 0 saturated carbocycles. The van der Waals surface area contributed by atoms with Gasteiger partial charge in [-0.15, -0.1) is 0 Å². The van der Waals surface area contributed by atoms with Crippen molar-refractivity contribution in [3.63, 3.8) is 0 Å². The monoisotopic (exact) mass is 461 g/mol. The van der Waals surface area contributed by atoms with Crippen molar-refractivity contribution in [2.24, 2.45) is 0 Å². The maximum Gasteiger partial charge on any atom is 0.312 e. The van der Waals surface area contributed by atoms with Crippen molar-refractivity contribution in [1.82, 2.24) is 9.97 Å². The average molecular weight is 461 g/mol. The molecule has 0 aliphatic heterocycles. The normalized spacial score (nSPS) is 10.3. The molecule has 110 valence electrons. The minimum atomic E-state index is -0.257. The third kappa shape index (κ3) is 3.27. The van der Waals surface area contributed by atoms with Gasteiger partial charge in [0, 0.05) is 50.5 Å². The second-order valence-corrected chi connectivity index (χ2v) is 4.59. The van der Waals surface area contributed by atoms with Crippen molar-refractivity contribution >= 4 is 27.8 Å². The van der Waals surface area contributed by atoms with E-state index in [1.54, 1.807) is 12.3 Å². The van der Waals surface area contributed by atoms with Crippen molar-refractivity contribution in [2.75, 3.05) is 0 Å². The zero-order valence-electron chi connectivity index (χ0n) is 11.5. The standard InChI is InChI=1S/C16H14N2O2.Pt/c1-2-4-14(19)20-13-9-8-12-7-6-11-5-3-10-17-15(11)16(12)18-13;/h3,5-10H,2,4H2,1H3;. The number of hydrogen-bond acceptors (Lipinski definition) is 4. The zero-order valence-corrected chi connectivity index (χ0v) is 13.8. The first-order chi connectivity index (χ1) is 9.78. The number of pyridine rings is 2. The Morgan fingerprint density at radius 2 is 1.81 bits per heavy atom. The number of nitrogens with zero attached hydrogens (tertiary/aromatic N) is 2. The molecule has 5 heteroatoms. The fourth-order valence-corrected chi connectivity index (χ4v) is 2.13. The van der Waals surface area contributed by atoms with Gasteiger partial charge in [0.15, 0.2) is 0 Å². The SMILES string of the molecule is CCCC(=O)Oc1ccc2ccc3cccnc3c2n1.[Pt]. The van der Waals surface area contributed by atoms with E-state index < -0.39 is 0 Å². The van der Waals surface area contributed by atoms with Crippen LogP contribution < -0.4 is 4.74 Å². The predicted octanol–water partition coefficient (Wildman–Crippen LogP) is 3.49. The van der Waals surface area contributed by atoms with E-state index in [0.717, 1.165) is 28.2 Å². The summed E-state index contributed by atoms with van der Waals surface area (Å²) in [5, 5.41) is 2.00. The van der Waals surface area contributed by atoms with Crippen LogP contribution in [-0.2, 0) is 25.9 Å². The number of hydrogen-bond donors (Lipinski definition) is 0. The molecule has 0 N–H and O–H groups in total. The van der Waals surface area contributed by atoms with E-state index in [0.29, 0.717) is 12.3 Å². The molecule has 0 fully saturated rings. The maximum absolute atomic E-state index is 11.5. The zero-order chi connectivity index (χ0) is 13.9. The van der Waals surface area contributed by atoms with Gasteiger partial charge in [-0.2, -0.15) is 0 Å². The van der Waals surface area contributed by atoms with Gasteiger partial charge in [0.2, 0.25) is 5.88 Å². The summed E-state index contributed by atoms with van der Waals surface area (Å²) in [6.45, 7) is 1.94. The van der Waals surface area contributed by atoms with E-state index >= 15 is 0 Å². The molecule has 0 atom stereocenters. The molecular formula is C16H14N2O2Pt. The third-order valence-electron chi connectivity index (χ3n) is 3.08. The van der Waals surface area contributed by atoms with Crippen LogP contribution in [0.25, 0.3) is 21.8 Å². The summed E-state index contributed by atoms with van der Waals surface area (Å²) in [6, 6.07) is 11.5. The summed E-state index contributed by atoms with van der Waals surface area (Å²) in [5.41, 5.74) is 1.57. The quantitative estimate of drug-likeness (QED) is 0.443. The van der Waals surface area contributed by atoms with Gasteiger partial charge in [-0.1, -0.05) is 25.1 Å². The van der Waals surface area contributed by atoms with Gasteiger partial charge < -0.3 is 4.74 Å². The van der Waals surface area contributed by atoms with Crippen LogP contribution in [0.5, 0.6) is 5.88 Å². The Morgan fingerprint density at radius 1 is 1.10 bits per heavy atom. The first-order valence-electron chi connectivity index (χ1n) is 6.63. The van der Waals surface area contributed by atoms with Gasteiger partial charge in [-0.3, -0.25) is 9.78 Å². The first-order valence-corrected chi connectivity index (χ1v) is 6.63. The summed E-state index contributed by atoms with van der Waals surface area (Å²) in [6.07, 6.45) is 2.89. The van der Waals surface area contributed by atoms with E-state index in [9.17, 15) is 4.79 Å². The largest absolute Gasteiger partial charge is 0.407 e. The third-order valence-corrected chi connectivity index (χ3v) is 3.08. The fourth-order valence-electron chi connectivity index (χ4n) is 2.13. The molecular weight excluding hydrogens is 447 g/mol. The molecule has 0 spiro atoms. The Balaban J connectivity index is 0.00000161. The molecule has 2 heterocycles. The fraction of sp³-hybridized carbons (Fsp3) is 0.188. The molecule has 3 aromatic rings. The molecule has 3 rings (SSSR count). The number of esters is 1. The van der Waals surface area contributed by atoms with E-state index in [1.807, 2.05) is 37.3 Å². The van der Waals surface area contributed by atoms with Crippen LogP contribution in [0.2, 0.25) is 0 Å². The van der Waals surface area contributed by atoms with Crippen LogP contribution in [0.1, 0.15) is 19.8 Å². The molecule has 2 aromatic heterocycles. The topological polar surface area (TPSA) is 52.1 Å². The van der Waals surface area contributed by atoms with Crippen molar-refractivity contribution in [3.05, 3.63) is 42.6 Å². The van der Waals surface area contributed by atoms with Crippen LogP contribution in [0.3, 0.4) is 0 Å². The van der Waals surface area contributed by atoms with Crippen LogP contribution in [0.4, 0.5) is 0 Å². The van der Waals surface area contributed by atoms with Crippen LogP contribution >= 0.6 is 0 Å². The number of rotatable bonds is 3. The average Bonchev–Trinajstić information content (AvgIpc) is 2.47. The summed E-state index contributed by atoms with van der Waals surface area (Å²) < 4.78 is 5.23. The second-order valence-electron chi connectivity index (χ2n) is 4.59. The number of fused-ring (bicyclic) bond motifs is 3. The number of carbonyl (C=O) groups is 1. The molecule has 0 bridgehead atoms. The summed E-state index contributed by atoms with van der Waals surface area (Å²) in [4.78, 5) is 20.3. The van der Waals surface area contributed by atoms with Gasteiger partial charge in [0.05, 0.1) is 5.52 Å². The van der Waals surface area contributed by atoms with Gasteiger partial charge in [-0.25, -0.2) is 4.98 Å². The molecule has 0 radical (unpaired) electrons.